The first-order valence-corrected chi connectivity index (χ1v) is 5.28. The monoisotopic (exact) mass is 232 g/mol. The highest BCUT2D eigenvalue weighted by Crippen LogP contribution is 2.02. The molecule has 0 aromatic rings. The van der Waals surface area contributed by atoms with Crippen molar-refractivity contribution in [1.82, 2.24) is 0 Å². The molecule has 5 heteroatoms. The molecule has 0 radical (unpaired) electrons. The second-order valence-electron chi connectivity index (χ2n) is 3.28. The molecule has 16 heavy (non-hydrogen) atoms. The highest BCUT2D eigenvalue weighted by Gasteiger charge is 2.15. The Kier molecular flexibility index (Phi) is 8.80. The maximum Gasteiger partial charge on any atom is 0.335 e. The fourth-order valence-corrected chi connectivity index (χ4v) is 0.830. The van der Waals surface area contributed by atoms with Crippen LogP contribution in [-0.4, -0.2) is 43.8 Å². The van der Waals surface area contributed by atoms with Crippen LogP contribution in [0.4, 0.5) is 0 Å². The van der Waals surface area contributed by atoms with Gasteiger partial charge in [0.1, 0.15) is 6.61 Å². The summed E-state index contributed by atoms with van der Waals surface area (Å²) in [4.78, 5) is 11.2. The summed E-state index contributed by atoms with van der Waals surface area (Å²) >= 11 is 0. The van der Waals surface area contributed by atoms with E-state index in [1.54, 1.807) is 6.92 Å². The molecule has 1 unspecified atom stereocenters. The van der Waals surface area contributed by atoms with Gasteiger partial charge >= 0.3 is 5.97 Å². The number of rotatable bonds is 9. The predicted molar refractivity (Wildman–Crippen MR) is 58.8 cm³/mol. The zero-order valence-electron chi connectivity index (χ0n) is 9.90. The number of aliphatic hydroxyl groups excluding tert-OH is 1. The summed E-state index contributed by atoms with van der Waals surface area (Å²) in [6.07, 6.45) is 0.0805. The van der Waals surface area contributed by atoms with Crippen LogP contribution in [0.2, 0.25) is 0 Å². The van der Waals surface area contributed by atoms with Gasteiger partial charge < -0.3 is 19.3 Å². The van der Waals surface area contributed by atoms with Crippen LogP contribution in [0.5, 0.6) is 0 Å². The summed E-state index contributed by atoms with van der Waals surface area (Å²) in [7, 11) is 0. The Hall–Kier alpha value is -0.910. The van der Waals surface area contributed by atoms with Crippen molar-refractivity contribution in [1.29, 1.82) is 0 Å². The Morgan fingerprint density at radius 1 is 1.44 bits per heavy atom. The van der Waals surface area contributed by atoms with Crippen LogP contribution in [0.25, 0.3) is 0 Å². The summed E-state index contributed by atoms with van der Waals surface area (Å²) in [5.74, 6) is -0.506. The van der Waals surface area contributed by atoms with E-state index in [1.165, 1.54) is 0 Å². The second-order valence-corrected chi connectivity index (χ2v) is 3.28. The molecule has 0 heterocycles. The van der Waals surface area contributed by atoms with Gasteiger partial charge in [0.25, 0.3) is 0 Å². The van der Waals surface area contributed by atoms with Crippen LogP contribution in [0.3, 0.4) is 0 Å². The molecule has 0 saturated heterocycles. The predicted octanol–water partition coefficient (Wildman–Crippen LogP) is 0.867. The van der Waals surface area contributed by atoms with Crippen LogP contribution in [0, 0.1) is 0 Å². The van der Waals surface area contributed by atoms with Gasteiger partial charge in [0.2, 0.25) is 6.29 Å². The molecular formula is C11H20O5. The number of hydrogen-bond donors (Lipinski definition) is 1. The van der Waals surface area contributed by atoms with E-state index in [-0.39, 0.29) is 19.8 Å². The number of hydrogen-bond acceptors (Lipinski definition) is 5. The van der Waals surface area contributed by atoms with Crippen molar-refractivity contribution in [2.45, 2.75) is 26.6 Å². The molecule has 0 aromatic heterocycles. The second kappa shape index (κ2) is 9.33. The van der Waals surface area contributed by atoms with E-state index in [2.05, 4.69) is 6.58 Å². The van der Waals surface area contributed by atoms with Gasteiger partial charge in [0.15, 0.2) is 0 Å². The summed E-state index contributed by atoms with van der Waals surface area (Å²) in [5, 5.41) is 8.54. The zero-order valence-corrected chi connectivity index (χ0v) is 9.90. The molecule has 0 aliphatic rings. The Balaban J connectivity index is 3.98. The topological polar surface area (TPSA) is 65.0 Å². The molecule has 94 valence electrons. The summed E-state index contributed by atoms with van der Waals surface area (Å²) < 4.78 is 15.3. The largest absolute Gasteiger partial charge is 0.430 e. The molecule has 1 atom stereocenters. The summed E-state index contributed by atoms with van der Waals surface area (Å²) in [5.41, 5.74) is 0.312. The van der Waals surface area contributed by atoms with Crippen molar-refractivity contribution in [2.24, 2.45) is 0 Å². The fourth-order valence-electron chi connectivity index (χ4n) is 0.830. The van der Waals surface area contributed by atoms with Gasteiger partial charge in [0, 0.05) is 5.57 Å². The molecule has 1 N–H and O–H groups in total. The minimum absolute atomic E-state index is 0.0745. The van der Waals surface area contributed by atoms with Crippen LogP contribution in [0.1, 0.15) is 20.3 Å². The molecular weight excluding hydrogens is 212 g/mol. The molecule has 0 rings (SSSR count). The van der Waals surface area contributed by atoms with Gasteiger partial charge in [-0.15, -0.1) is 0 Å². The summed E-state index contributed by atoms with van der Waals surface area (Å²) in [6, 6.07) is 0. The average Bonchev–Trinajstić information content (AvgIpc) is 2.25. The van der Waals surface area contributed by atoms with Crippen molar-refractivity contribution in [3.63, 3.8) is 0 Å². The number of carbonyl (C=O) groups excluding carboxylic acids is 1. The first kappa shape index (κ1) is 15.1. The lowest BCUT2D eigenvalue weighted by molar-refractivity contribution is -0.187. The Bertz CT molecular complexity index is 214. The minimum Gasteiger partial charge on any atom is -0.430 e. The van der Waals surface area contributed by atoms with E-state index < -0.39 is 12.3 Å². The van der Waals surface area contributed by atoms with E-state index in [0.717, 1.165) is 6.42 Å². The van der Waals surface area contributed by atoms with Gasteiger partial charge in [-0.05, 0) is 13.3 Å². The first-order chi connectivity index (χ1) is 7.61. The van der Waals surface area contributed by atoms with E-state index in [1.807, 2.05) is 6.92 Å². The standard InChI is InChI=1S/C11H20O5/c1-4-6-15-10(8-14-7-5-12)16-11(13)9(2)3/h10,12H,2,4-8H2,1,3H3. The number of carbonyl (C=O) groups is 1. The molecule has 0 aliphatic heterocycles. The maximum atomic E-state index is 11.2. The minimum atomic E-state index is -0.740. The lowest BCUT2D eigenvalue weighted by atomic mass is 10.4. The van der Waals surface area contributed by atoms with Crippen LogP contribution in [-0.2, 0) is 19.0 Å². The number of esters is 1. The third kappa shape index (κ3) is 7.39. The van der Waals surface area contributed by atoms with Crippen LogP contribution in [0.15, 0.2) is 12.2 Å². The van der Waals surface area contributed by atoms with Crippen molar-refractivity contribution in [2.75, 3.05) is 26.4 Å². The lowest BCUT2D eigenvalue weighted by Crippen LogP contribution is -2.27. The fraction of sp³-hybridized carbons (Fsp3) is 0.727. The van der Waals surface area contributed by atoms with Crippen molar-refractivity contribution >= 4 is 5.97 Å². The molecule has 0 amide bonds. The molecule has 5 nitrogen and oxygen atoms in total. The highest BCUT2D eigenvalue weighted by molar-refractivity contribution is 5.87. The molecule has 0 spiro atoms. The van der Waals surface area contributed by atoms with E-state index in [4.69, 9.17) is 19.3 Å². The Labute approximate surface area is 96.0 Å². The molecule has 0 aromatic carbocycles. The molecule has 0 fully saturated rings. The van der Waals surface area contributed by atoms with Crippen LogP contribution >= 0.6 is 0 Å². The molecule has 0 bridgehead atoms. The van der Waals surface area contributed by atoms with Crippen molar-refractivity contribution in [3.8, 4) is 0 Å². The van der Waals surface area contributed by atoms with Crippen LogP contribution < -0.4 is 0 Å². The Morgan fingerprint density at radius 3 is 2.62 bits per heavy atom. The average molecular weight is 232 g/mol. The van der Waals surface area contributed by atoms with Gasteiger partial charge in [-0.3, -0.25) is 0 Å². The summed E-state index contributed by atoms with van der Waals surface area (Å²) in [6.45, 7) is 7.70. The van der Waals surface area contributed by atoms with Gasteiger partial charge in [-0.1, -0.05) is 13.5 Å². The smallest absolute Gasteiger partial charge is 0.335 e. The van der Waals surface area contributed by atoms with Gasteiger partial charge in [-0.25, -0.2) is 4.79 Å². The molecule has 0 aliphatic carbocycles. The number of ether oxygens (including phenoxy) is 3. The normalized spacial score (nSPS) is 12.2. The molecule has 0 saturated carbocycles. The quantitative estimate of drug-likeness (QED) is 0.276. The SMILES string of the molecule is C=C(C)C(=O)OC(COCCO)OCCC. The van der Waals surface area contributed by atoms with E-state index >= 15 is 0 Å². The number of aliphatic hydroxyl groups is 1. The third-order valence-corrected chi connectivity index (χ3v) is 1.58. The lowest BCUT2D eigenvalue weighted by Gasteiger charge is -2.18. The van der Waals surface area contributed by atoms with E-state index in [0.29, 0.717) is 12.2 Å². The zero-order chi connectivity index (χ0) is 12.4. The first-order valence-electron chi connectivity index (χ1n) is 5.28. The Morgan fingerprint density at radius 2 is 2.12 bits per heavy atom. The van der Waals surface area contributed by atoms with Crippen molar-refractivity contribution in [3.05, 3.63) is 12.2 Å². The maximum absolute atomic E-state index is 11.2. The third-order valence-electron chi connectivity index (χ3n) is 1.58. The van der Waals surface area contributed by atoms with E-state index in [9.17, 15) is 4.79 Å². The highest BCUT2D eigenvalue weighted by atomic mass is 16.7. The van der Waals surface area contributed by atoms with Gasteiger partial charge in [-0.2, -0.15) is 0 Å². The van der Waals surface area contributed by atoms with Gasteiger partial charge in [0.05, 0.1) is 19.8 Å². The van der Waals surface area contributed by atoms with Crippen molar-refractivity contribution < 1.29 is 24.1 Å².